The molecule has 0 radical (unpaired) electrons. The van der Waals surface area contributed by atoms with Gasteiger partial charge in [-0.1, -0.05) is 13.8 Å². The summed E-state index contributed by atoms with van der Waals surface area (Å²) in [4.78, 5) is 13.7. The van der Waals surface area contributed by atoms with E-state index in [1.165, 1.54) is 0 Å². The van der Waals surface area contributed by atoms with Crippen LogP contribution < -0.4 is 10.6 Å². The molecule has 0 spiro atoms. The number of nitrogens with one attached hydrogen (secondary N) is 2. The minimum absolute atomic E-state index is 0.0811. The van der Waals surface area contributed by atoms with Gasteiger partial charge in [-0.05, 0) is 32.1 Å². The maximum atomic E-state index is 11.4. The SMILES string of the molecule is CCNC(=O)NC[C@H](c1ccco1)N(CC)CC. The first-order valence-electron chi connectivity index (χ1n) is 6.52. The van der Waals surface area contributed by atoms with E-state index in [0.717, 1.165) is 18.8 Å². The number of likely N-dealkylation sites (N-methyl/N-ethyl adjacent to an activating group) is 1. The highest BCUT2D eigenvalue weighted by atomic mass is 16.3. The van der Waals surface area contributed by atoms with Gasteiger partial charge in [-0.2, -0.15) is 0 Å². The normalized spacial score (nSPS) is 12.4. The van der Waals surface area contributed by atoms with Crippen molar-refractivity contribution in [1.29, 1.82) is 0 Å². The number of amides is 2. The summed E-state index contributed by atoms with van der Waals surface area (Å²) in [5.74, 6) is 0.885. The predicted octanol–water partition coefficient (Wildman–Crippen LogP) is 1.98. The Balaban J connectivity index is 2.64. The molecule has 0 saturated carbocycles. The van der Waals surface area contributed by atoms with Gasteiger partial charge in [0.25, 0.3) is 0 Å². The third-order valence-corrected chi connectivity index (χ3v) is 2.92. The first kappa shape index (κ1) is 14.6. The summed E-state index contributed by atoms with van der Waals surface area (Å²) in [5.41, 5.74) is 0. The van der Waals surface area contributed by atoms with Crippen molar-refractivity contribution in [1.82, 2.24) is 15.5 Å². The van der Waals surface area contributed by atoms with Gasteiger partial charge < -0.3 is 15.1 Å². The lowest BCUT2D eigenvalue weighted by Gasteiger charge is -2.28. The summed E-state index contributed by atoms with van der Waals surface area (Å²) in [6, 6.07) is 3.76. The van der Waals surface area contributed by atoms with Gasteiger partial charge >= 0.3 is 6.03 Å². The highest BCUT2D eigenvalue weighted by Gasteiger charge is 2.20. The molecule has 0 fully saturated rings. The second kappa shape index (κ2) is 7.76. The van der Waals surface area contributed by atoms with Gasteiger partial charge in [0.05, 0.1) is 12.3 Å². The van der Waals surface area contributed by atoms with Gasteiger partial charge in [-0.25, -0.2) is 4.79 Å². The van der Waals surface area contributed by atoms with Gasteiger partial charge in [0.15, 0.2) is 0 Å². The van der Waals surface area contributed by atoms with Gasteiger partial charge in [0, 0.05) is 13.1 Å². The Morgan fingerprint density at radius 2 is 2.06 bits per heavy atom. The van der Waals surface area contributed by atoms with Crippen molar-refractivity contribution < 1.29 is 9.21 Å². The first-order chi connectivity index (χ1) is 8.72. The van der Waals surface area contributed by atoms with Crippen LogP contribution in [0.3, 0.4) is 0 Å². The van der Waals surface area contributed by atoms with E-state index in [2.05, 4.69) is 29.4 Å². The van der Waals surface area contributed by atoms with Crippen LogP contribution in [0.25, 0.3) is 0 Å². The minimum Gasteiger partial charge on any atom is -0.468 e. The third kappa shape index (κ3) is 4.07. The summed E-state index contributed by atoms with van der Waals surface area (Å²) in [6.07, 6.45) is 1.66. The molecule has 102 valence electrons. The molecule has 1 aromatic heterocycles. The van der Waals surface area contributed by atoms with E-state index in [4.69, 9.17) is 4.42 Å². The fourth-order valence-electron chi connectivity index (χ4n) is 1.97. The summed E-state index contributed by atoms with van der Waals surface area (Å²) >= 11 is 0. The molecule has 0 aliphatic heterocycles. The maximum absolute atomic E-state index is 11.4. The van der Waals surface area contributed by atoms with Crippen molar-refractivity contribution >= 4 is 6.03 Å². The average Bonchev–Trinajstić information content (AvgIpc) is 2.88. The Morgan fingerprint density at radius 1 is 1.33 bits per heavy atom. The largest absolute Gasteiger partial charge is 0.468 e. The number of carbonyl (C=O) groups excluding carboxylic acids is 1. The van der Waals surface area contributed by atoms with E-state index in [1.807, 2.05) is 19.1 Å². The van der Waals surface area contributed by atoms with Crippen LogP contribution in [-0.4, -0.2) is 37.1 Å². The molecule has 1 aromatic rings. The van der Waals surface area contributed by atoms with E-state index in [0.29, 0.717) is 13.1 Å². The third-order valence-electron chi connectivity index (χ3n) is 2.92. The Kier molecular flexibility index (Phi) is 6.28. The van der Waals surface area contributed by atoms with Crippen molar-refractivity contribution in [3.8, 4) is 0 Å². The average molecular weight is 253 g/mol. The lowest BCUT2D eigenvalue weighted by atomic mass is 10.2. The Bertz CT molecular complexity index is 334. The van der Waals surface area contributed by atoms with E-state index >= 15 is 0 Å². The lowest BCUT2D eigenvalue weighted by molar-refractivity contribution is 0.186. The van der Waals surface area contributed by atoms with Crippen LogP contribution in [0.2, 0.25) is 0 Å². The molecular weight excluding hydrogens is 230 g/mol. The van der Waals surface area contributed by atoms with E-state index in [9.17, 15) is 4.79 Å². The fraction of sp³-hybridized carbons (Fsp3) is 0.615. The van der Waals surface area contributed by atoms with Gasteiger partial charge in [-0.15, -0.1) is 0 Å². The number of furan rings is 1. The Morgan fingerprint density at radius 3 is 2.56 bits per heavy atom. The number of nitrogens with zero attached hydrogens (tertiary/aromatic N) is 1. The smallest absolute Gasteiger partial charge is 0.314 e. The summed E-state index contributed by atoms with van der Waals surface area (Å²) in [5, 5.41) is 5.59. The molecular formula is C13H23N3O2. The summed E-state index contributed by atoms with van der Waals surface area (Å²) < 4.78 is 5.46. The van der Waals surface area contributed by atoms with Gasteiger partial charge in [-0.3, -0.25) is 4.90 Å². The molecule has 5 nitrogen and oxygen atoms in total. The van der Waals surface area contributed by atoms with E-state index in [-0.39, 0.29) is 12.1 Å². The lowest BCUT2D eigenvalue weighted by Crippen LogP contribution is -2.42. The maximum Gasteiger partial charge on any atom is 0.314 e. The fourth-order valence-corrected chi connectivity index (χ4v) is 1.97. The molecule has 1 heterocycles. The summed E-state index contributed by atoms with van der Waals surface area (Å²) in [7, 11) is 0. The first-order valence-corrected chi connectivity index (χ1v) is 6.52. The van der Waals surface area contributed by atoms with Crippen LogP contribution in [0, 0.1) is 0 Å². The molecule has 0 saturated heterocycles. The van der Waals surface area contributed by atoms with Crippen LogP contribution in [0.4, 0.5) is 4.79 Å². The molecule has 2 N–H and O–H groups in total. The van der Waals surface area contributed by atoms with Crippen molar-refractivity contribution in [3.05, 3.63) is 24.2 Å². The van der Waals surface area contributed by atoms with E-state index in [1.54, 1.807) is 6.26 Å². The number of carbonyl (C=O) groups is 1. The predicted molar refractivity (Wildman–Crippen MR) is 71.4 cm³/mol. The molecule has 0 unspecified atom stereocenters. The van der Waals surface area contributed by atoms with Crippen molar-refractivity contribution in [2.24, 2.45) is 0 Å². The number of urea groups is 1. The highest BCUT2D eigenvalue weighted by molar-refractivity contribution is 5.73. The molecule has 1 rings (SSSR count). The van der Waals surface area contributed by atoms with Crippen LogP contribution in [0.5, 0.6) is 0 Å². The molecule has 0 aromatic carbocycles. The Labute approximate surface area is 109 Å². The van der Waals surface area contributed by atoms with Crippen molar-refractivity contribution in [2.45, 2.75) is 26.8 Å². The van der Waals surface area contributed by atoms with Crippen LogP contribution in [0.15, 0.2) is 22.8 Å². The topological polar surface area (TPSA) is 57.5 Å². The van der Waals surface area contributed by atoms with Gasteiger partial charge in [0.1, 0.15) is 5.76 Å². The molecule has 2 amide bonds. The van der Waals surface area contributed by atoms with Crippen LogP contribution in [-0.2, 0) is 0 Å². The molecule has 0 aliphatic carbocycles. The summed E-state index contributed by atoms with van der Waals surface area (Å²) in [6.45, 7) is 9.10. The number of hydrogen-bond donors (Lipinski definition) is 2. The second-order valence-corrected chi connectivity index (χ2v) is 3.99. The zero-order chi connectivity index (χ0) is 13.4. The zero-order valence-electron chi connectivity index (χ0n) is 11.4. The quantitative estimate of drug-likeness (QED) is 0.781. The monoisotopic (exact) mass is 253 g/mol. The van der Waals surface area contributed by atoms with Crippen molar-refractivity contribution in [2.75, 3.05) is 26.2 Å². The minimum atomic E-state index is -0.138. The van der Waals surface area contributed by atoms with Crippen LogP contribution >= 0.6 is 0 Å². The number of rotatable bonds is 7. The standard InChI is InChI=1S/C13H23N3O2/c1-4-14-13(17)15-10-11(16(5-2)6-3)12-8-7-9-18-12/h7-9,11H,4-6,10H2,1-3H3,(H2,14,15,17)/t11-/m1/s1. The van der Waals surface area contributed by atoms with Crippen LogP contribution in [0.1, 0.15) is 32.6 Å². The molecule has 0 bridgehead atoms. The zero-order valence-corrected chi connectivity index (χ0v) is 11.4. The van der Waals surface area contributed by atoms with Crippen molar-refractivity contribution in [3.63, 3.8) is 0 Å². The molecule has 0 aliphatic rings. The molecule has 5 heteroatoms. The molecule has 18 heavy (non-hydrogen) atoms. The second-order valence-electron chi connectivity index (χ2n) is 3.99. The number of hydrogen-bond acceptors (Lipinski definition) is 3. The van der Waals surface area contributed by atoms with E-state index < -0.39 is 0 Å². The molecule has 1 atom stereocenters. The Hall–Kier alpha value is -1.49. The highest BCUT2D eigenvalue weighted by Crippen LogP contribution is 2.19. The van der Waals surface area contributed by atoms with Gasteiger partial charge in [0.2, 0.25) is 0 Å².